The van der Waals surface area contributed by atoms with Crippen molar-refractivity contribution in [2.24, 2.45) is 0 Å². The number of hydrogen-bond acceptors (Lipinski definition) is 0. The average Bonchev–Trinajstić information content (AvgIpc) is 2.02. The van der Waals surface area contributed by atoms with Gasteiger partial charge in [0, 0.05) is 3.55 Å². The fourth-order valence-electron chi connectivity index (χ4n) is 1.09. The second-order valence-electron chi connectivity index (χ2n) is 3.21. The highest BCUT2D eigenvalue weighted by Gasteiger charge is 2.33. The molecule has 0 aliphatic carbocycles. The summed E-state index contributed by atoms with van der Waals surface area (Å²) in [5.74, 6) is 0. The van der Waals surface area contributed by atoms with Crippen LogP contribution in [0.3, 0.4) is 0 Å². The van der Waals surface area contributed by atoms with E-state index in [0.29, 0.717) is 0 Å². The molecule has 0 N–H and O–H groups in total. The minimum atomic E-state index is -2.43. The van der Waals surface area contributed by atoms with E-state index in [2.05, 4.69) is 29.5 Å². The van der Waals surface area contributed by atoms with Gasteiger partial charge in [0.1, 0.15) is 0 Å². The summed E-state index contributed by atoms with van der Waals surface area (Å²) in [6.45, 7) is 2.22. The molecule has 0 radical (unpaired) electrons. The fraction of sp³-hybridized carbons (Fsp3) is 1.00. The van der Waals surface area contributed by atoms with Crippen LogP contribution in [-0.4, -0.2) is 9.55 Å². The summed E-state index contributed by atoms with van der Waals surface area (Å²) in [7, 11) is 0. The molecule has 0 saturated heterocycles. The second-order valence-corrected chi connectivity index (χ2v) is 14.8. The summed E-state index contributed by atoms with van der Waals surface area (Å²) in [4.78, 5) is 0. The lowest BCUT2D eigenvalue weighted by atomic mass is 10.1. The lowest BCUT2D eigenvalue weighted by molar-refractivity contribution is 0.623. The zero-order chi connectivity index (χ0) is 10.3. The van der Waals surface area contributed by atoms with E-state index in [1.165, 1.54) is 32.1 Å². The van der Waals surface area contributed by atoms with E-state index in [-0.39, 0.29) is 3.55 Å². The predicted molar refractivity (Wildman–Crippen MR) is 74.5 cm³/mol. The van der Waals surface area contributed by atoms with Crippen LogP contribution < -0.4 is 0 Å². The van der Waals surface area contributed by atoms with Crippen molar-refractivity contribution >= 4 is 61.8 Å². The summed E-state index contributed by atoms with van der Waals surface area (Å²) in [5.41, 5.74) is 0. The van der Waals surface area contributed by atoms with Crippen LogP contribution in [0.2, 0.25) is 0 Å². The van der Waals surface area contributed by atoms with Gasteiger partial charge in [-0.1, -0.05) is 61.6 Å². The normalized spacial score (nSPS) is 14.5. The van der Waals surface area contributed by atoms with Crippen molar-refractivity contribution in [1.82, 2.24) is 0 Å². The highest BCUT2D eigenvalue weighted by atomic mass is 127. The van der Waals surface area contributed by atoms with Gasteiger partial charge >= 0.3 is 6.00 Å². The highest BCUT2D eigenvalue weighted by Crippen LogP contribution is 2.32. The van der Waals surface area contributed by atoms with E-state index < -0.39 is 6.00 Å². The Kier molecular flexibility index (Phi) is 9.15. The molecule has 0 nitrogen and oxygen atoms in total. The number of alkyl halides is 1. The van der Waals surface area contributed by atoms with Gasteiger partial charge in [-0.15, -0.1) is 33.2 Å². The first kappa shape index (κ1) is 14.8. The molecule has 0 amide bonds. The largest absolute Gasteiger partial charge is 0.353 e. The zero-order valence-electron chi connectivity index (χ0n) is 7.83. The number of rotatable bonds is 7. The fourth-order valence-corrected chi connectivity index (χ4v) is 3.04. The van der Waals surface area contributed by atoms with E-state index in [4.69, 9.17) is 33.2 Å². The smallest absolute Gasteiger partial charge is 0.125 e. The van der Waals surface area contributed by atoms with Crippen molar-refractivity contribution in [3.8, 4) is 0 Å². The monoisotopic (exact) mass is 372 g/mol. The van der Waals surface area contributed by atoms with Crippen molar-refractivity contribution in [3.05, 3.63) is 0 Å². The van der Waals surface area contributed by atoms with E-state index in [9.17, 15) is 0 Å². The third-order valence-electron chi connectivity index (χ3n) is 1.92. The first-order valence-corrected chi connectivity index (χ1v) is 11.0. The molecule has 0 aliphatic heterocycles. The topological polar surface area (TPSA) is 0 Å². The van der Waals surface area contributed by atoms with Gasteiger partial charge < -0.3 is 0 Å². The minimum absolute atomic E-state index is 0.275. The first-order chi connectivity index (χ1) is 5.98. The van der Waals surface area contributed by atoms with Crippen LogP contribution in [0.25, 0.3) is 0 Å². The Labute approximate surface area is 110 Å². The lowest BCUT2D eigenvalue weighted by Gasteiger charge is -2.15. The van der Waals surface area contributed by atoms with E-state index >= 15 is 0 Å². The van der Waals surface area contributed by atoms with E-state index in [1.54, 1.807) is 0 Å². The number of unbranched alkanes of at least 4 members (excludes halogenated alkanes) is 4. The average molecular weight is 374 g/mol. The van der Waals surface area contributed by atoms with Crippen LogP contribution in [0.15, 0.2) is 0 Å². The Morgan fingerprint density at radius 2 is 1.62 bits per heavy atom. The molecule has 0 rings (SSSR count). The maximum absolute atomic E-state index is 5.89. The van der Waals surface area contributed by atoms with Gasteiger partial charge in [0.15, 0.2) is 0 Å². The molecule has 0 aromatic heterocycles. The van der Waals surface area contributed by atoms with Crippen LogP contribution in [0.4, 0.5) is 0 Å². The molecule has 0 bridgehead atoms. The van der Waals surface area contributed by atoms with Crippen LogP contribution in [-0.2, 0) is 0 Å². The van der Waals surface area contributed by atoms with Crippen molar-refractivity contribution in [3.63, 3.8) is 0 Å². The SMILES string of the molecule is CCCCCCCC(I)[Si](Cl)(Cl)Cl. The van der Waals surface area contributed by atoms with Gasteiger partial charge in [0.25, 0.3) is 0 Å². The van der Waals surface area contributed by atoms with E-state index in [1.807, 2.05) is 0 Å². The molecule has 0 fully saturated rings. The molecular formula is C8H16Cl3ISi. The summed E-state index contributed by atoms with van der Waals surface area (Å²) >= 11 is 19.9. The van der Waals surface area contributed by atoms with Crippen LogP contribution in [0.5, 0.6) is 0 Å². The van der Waals surface area contributed by atoms with Gasteiger partial charge in [0.05, 0.1) is 0 Å². The summed E-state index contributed by atoms with van der Waals surface area (Å²) < 4.78 is 0.275. The lowest BCUT2D eigenvalue weighted by Crippen LogP contribution is -2.25. The molecule has 1 unspecified atom stereocenters. The van der Waals surface area contributed by atoms with Crippen LogP contribution in [0, 0.1) is 0 Å². The highest BCUT2D eigenvalue weighted by molar-refractivity contribution is 14.1. The predicted octanol–water partition coefficient (Wildman–Crippen LogP) is 5.35. The molecule has 1 atom stereocenters. The molecule has 0 heterocycles. The number of hydrogen-bond donors (Lipinski definition) is 0. The summed E-state index contributed by atoms with van der Waals surface area (Å²) in [6, 6.07) is -2.43. The van der Waals surface area contributed by atoms with Gasteiger partial charge in [-0.2, -0.15) is 0 Å². The van der Waals surface area contributed by atoms with Gasteiger partial charge in [-0.05, 0) is 6.42 Å². The molecule has 13 heavy (non-hydrogen) atoms. The molecular weight excluding hydrogens is 357 g/mol. The molecule has 5 heteroatoms. The van der Waals surface area contributed by atoms with Gasteiger partial charge in [-0.3, -0.25) is 0 Å². The van der Waals surface area contributed by atoms with Crippen molar-refractivity contribution < 1.29 is 0 Å². The molecule has 0 aromatic carbocycles. The third kappa shape index (κ3) is 8.79. The molecule has 0 aliphatic rings. The second kappa shape index (κ2) is 8.03. The summed E-state index contributed by atoms with van der Waals surface area (Å²) in [6.07, 6.45) is 7.48. The van der Waals surface area contributed by atoms with Crippen molar-refractivity contribution in [1.29, 1.82) is 0 Å². The quantitative estimate of drug-likeness (QED) is 0.186. The van der Waals surface area contributed by atoms with Gasteiger partial charge in [0.2, 0.25) is 0 Å². The molecule has 0 spiro atoms. The maximum Gasteiger partial charge on any atom is 0.353 e. The Bertz CT molecular complexity index is 127. The standard InChI is InChI=1S/C8H16Cl3ISi/c1-2-3-4-5-6-7-8(12)13(9,10)11/h8H,2-7H2,1H3. The third-order valence-corrected chi connectivity index (χ3v) is 12.0. The zero-order valence-corrected chi connectivity index (χ0v) is 13.3. The Morgan fingerprint density at radius 3 is 2.08 bits per heavy atom. The first-order valence-electron chi connectivity index (χ1n) is 4.69. The summed E-state index contributed by atoms with van der Waals surface area (Å²) in [5, 5.41) is 0. The van der Waals surface area contributed by atoms with Crippen LogP contribution >= 0.6 is 55.8 Å². The van der Waals surface area contributed by atoms with Crippen LogP contribution in [0.1, 0.15) is 45.4 Å². The Hall–Kier alpha value is 1.82. The maximum atomic E-state index is 5.89. The minimum Gasteiger partial charge on any atom is -0.125 e. The number of halogens is 4. The molecule has 0 aromatic rings. The van der Waals surface area contributed by atoms with Gasteiger partial charge in [-0.25, -0.2) is 0 Å². The molecule has 0 saturated carbocycles. The van der Waals surface area contributed by atoms with Crippen molar-refractivity contribution in [2.75, 3.05) is 0 Å². The van der Waals surface area contributed by atoms with E-state index in [0.717, 1.165) is 6.42 Å². The Morgan fingerprint density at radius 1 is 1.08 bits per heavy atom. The Balaban J connectivity index is 3.32. The molecule has 80 valence electrons. The van der Waals surface area contributed by atoms with Crippen molar-refractivity contribution in [2.45, 2.75) is 49.0 Å².